The van der Waals surface area contributed by atoms with Crippen molar-refractivity contribution in [2.24, 2.45) is 0 Å². The second-order valence-electron chi connectivity index (χ2n) is 28.1. The van der Waals surface area contributed by atoms with Crippen molar-refractivity contribution in [3.8, 4) is 83.8 Å². The lowest BCUT2D eigenvalue weighted by molar-refractivity contribution is 0.668. The van der Waals surface area contributed by atoms with E-state index in [-0.39, 0.29) is 0 Å². The van der Waals surface area contributed by atoms with Crippen LogP contribution in [-0.4, -0.2) is 18.7 Å². The van der Waals surface area contributed by atoms with E-state index in [1.807, 2.05) is 42.6 Å². The molecule has 7 heteroatoms. The van der Waals surface area contributed by atoms with Crippen molar-refractivity contribution in [3.05, 3.63) is 352 Å². The first-order valence-electron chi connectivity index (χ1n) is 36.1. The molecule has 0 saturated carbocycles. The molecule has 7 nitrogen and oxygen atoms in total. The van der Waals surface area contributed by atoms with Crippen LogP contribution >= 0.6 is 0 Å². The SMILES string of the molecule is c1cc(-c2cc(-c3cccc(-n4c5ccccc5c5cc(-c6ccc7oc8ccccc8c7c6)ccc54)c3)c3c(-c4cccc(-n5c6ccccc6c6cc(-c7ccc8oc9ccccc9c8c7)ccc65)c4)ccnc3c2)cc(-n2c3ccccc3c3cc(-c4ccc5oc6ccccc6c5c4)ccc32)c1. The zero-order valence-corrected chi connectivity index (χ0v) is 57.0. The minimum absolute atomic E-state index is 0.888. The summed E-state index contributed by atoms with van der Waals surface area (Å²) >= 11 is 0. The van der Waals surface area contributed by atoms with Gasteiger partial charge in [0.25, 0.3) is 0 Å². The minimum Gasteiger partial charge on any atom is -0.456 e. The van der Waals surface area contributed by atoms with Crippen LogP contribution in [0.5, 0.6) is 0 Å². The third kappa shape index (κ3) is 8.90. The fourth-order valence-corrected chi connectivity index (χ4v) is 17.4. The molecule has 0 atom stereocenters. The Labute approximate surface area is 606 Å². The first-order valence-corrected chi connectivity index (χ1v) is 36.1. The number of para-hydroxylation sites is 6. The summed E-state index contributed by atoms with van der Waals surface area (Å²) < 4.78 is 26.1. The molecule has 106 heavy (non-hydrogen) atoms. The van der Waals surface area contributed by atoms with Gasteiger partial charge >= 0.3 is 0 Å². The van der Waals surface area contributed by atoms with Gasteiger partial charge in [-0.2, -0.15) is 0 Å². The highest BCUT2D eigenvalue weighted by Gasteiger charge is 2.23. The number of hydrogen-bond acceptors (Lipinski definition) is 4. The highest BCUT2D eigenvalue weighted by Crippen LogP contribution is 2.46. The van der Waals surface area contributed by atoms with Crippen LogP contribution in [0.25, 0.3) is 226 Å². The Morgan fingerprint density at radius 2 is 0.500 bits per heavy atom. The molecule has 0 aliphatic carbocycles. The Balaban J connectivity index is 0.683. The molecule has 0 radical (unpaired) electrons. The van der Waals surface area contributed by atoms with E-state index in [1.165, 1.54) is 32.3 Å². The summed E-state index contributed by atoms with van der Waals surface area (Å²) in [7, 11) is 0. The highest BCUT2D eigenvalue weighted by molar-refractivity contribution is 6.16. The smallest absolute Gasteiger partial charge is 0.135 e. The second kappa shape index (κ2) is 22.6. The largest absolute Gasteiger partial charge is 0.456 e. The standard InChI is InChI=1S/C99H58N4O3/c1-7-28-87-73(22-1)80-51-60(63-37-43-96-83(54-63)76-25-4-10-31-93(76)104-96)34-40-90(80)101(87)69-19-13-16-59(48-69)68-57-79(67-18-15-21-71(50-67)103-89-30-9-3-24-75(89)82-53-62(36-42-92(82)103)65-39-45-98-85(56-65)78-27-6-12-33-95(78)106-98)99-72(46-47-100-86(99)58-68)66-17-14-20-70(49-66)102-88-29-8-2-23-74(88)81-52-61(35-41-91(81)102)64-38-44-97-84(55-64)77-26-5-11-32-94(77)105-97/h1-58H. The van der Waals surface area contributed by atoms with Gasteiger partial charge in [0, 0.05) is 93.3 Å². The van der Waals surface area contributed by atoms with Crippen molar-refractivity contribution in [2.45, 2.75) is 0 Å². The number of benzene rings is 16. The van der Waals surface area contributed by atoms with Crippen LogP contribution in [0.2, 0.25) is 0 Å². The maximum absolute atomic E-state index is 6.28. The van der Waals surface area contributed by atoms with Crippen molar-refractivity contribution in [1.29, 1.82) is 0 Å². The molecule has 7 heterocycles. The number of furan rings is 3. The molecule has 0 bridgehead atoms. The van der Waals surface area contributed by atoms with E-state index in [1.54, 1.807) is 0 Å². The van der Waals surface area contributed by atoms with Gasteiger partial charge in [0.1, 0.15) is 33.5 Å². The van der Waals surface area contributed by atoms with E-state index in [2.05, 4.69) is 323 Å². The third-order valence-corrected chi connectivity index (χ3v) is 22.3. The summed E-state index contributed by atoms with van der Waals surface area (Å²) in [6.07, 6.45) is 1.99. The number of aromatic nitrogens is 4. The Hall–Kier alpha value is -14.3. The van der Waals surface area contributed by atoms with Crippen molar-refractivity contribution in [3.63, 3.8) is 0 Å². The molecular weight excluding hydrogens is 1290 g/mol. The van der Waals surface area contributed by atoms with Crippen LogP contribution in [0.15, 0.2) is 365 Å². The van der Waals surface area contributed by atoms with Gasteiger partial charge < -0.3 is 27.0 Å². The van der Waals surface area contributed by atoms with Gasteiger partial charge in [-0.3, -0.25) is 4.98 Å². The van der Waals surface area contributed by atoms with Crippen molar-refractivity contribution in [1.82, 2.24) is 18.7 Å². The molecule has 0 unspecified atom stereocenters. The van der Waals surface area contributed by atoms with Gasteiger partial charge in [-0.05, 0) is 231 Å². The molecule has 16 aromatic carbocycles. The number of pyridine rings is 1. The third-order valence-electron chi connectivity index (χ3n) is 22.3. The monoisotopic (exact) mass is 1350 g/mol. The van der Waals surface area contributed by atoms with Gasteiger partial charge in [-0.1, -0.05) is 182 Å². The maximum atomic E-state index is 6.28. The average Bonchev–Trinajstić information content (AvgIpc) is 1.43. The minimum atomic E-state index is 0.888. The molecule has 23 rings (SSSR count). The van der Waals surface area contributed by atoms with Crippen molar-refractivity contribution < 1.29 is 13.3 Å². The quantitative estimate of drug-likeness (QED) is 0.144. The van der Waals surface area contributed by atoms with E-state index in [4.69, 9.17) is 18.2 Å². The number of fused-ring (bicyclic) bond motifs is 19. The second-order valence-corrected chi connectivity index (χ2v) is 28.1. The lowest BCUT2D eigenvalue weighted by Gasteiger charge is -2.17. The molecule has 7 aromatic heterocycles. The van der Waals surface area contributed by atoms with Crippen LogP contribution in [0, 0.1) is 0 Å². The molecule has 0 aliphatic rings. The van der Waals surface area contributed by atoms with E-state index < -0.39 is 0 Å². The van der Waals surface area contributed by atoms with Crippen LogP contribution in [0.3, 0.4) is 0 Å². The van der Waals surface area contributed by atoms with Crippen LogP contribution in [0.4, 0.5) is 0 Å². The van der Waals surface area contributed by atoms with Crippen molar-refractivity contribution in [2.75, 3.05) is 0 Å². The van der Waals surface area contributed by atoms with Gasteiger partial charge in [-0.15, -0.1) is 0 Å². The number of hydrogen-bond donors (Lipinski definition) is 0. The lowest BCUT2D eigenvalue weighted by atomic mass is 9.90. The molecule has 0 spiro atoms. The first kappa shape index (κ1) is 58.4. The predicted octanol–water partition coefficient (Wildman–Crippen LogP) is 27.2. The van der Waals surface area contributed by atoms with Crippen LogP contribution in [-0.2, 0) is 0 Å². The number of rotatable bonds is 9. The summed E-state index contributed by atoms with van der Waals surface area (Å²) in [6, 6.07) is 126. The van der Waals surface area contributed by atoms with E-state index in [9.17, 15) is 0 Å². The summed E-state index contributed by atoms with van der Waals surface area (Å²) in [4.78, 5) is 5.36. The molecule has 23 aromatic rings. The molecule has 0 N–H and O–H groups in total. The highest BCUT2D eigenvalue weighted by atomic mass is 16.3. The van der Waals surface area contributed by atoms with E-state index in [0.717, 1.165) is 194 Å². The lowest BCUT2D eigenvalue weighted by Crippen LogP contribution is -1.97. The first-order chi connectivity index (χ1) is 52.5. The number of nitrogens with zero attached hydrogens (tertiary/aromatic N) is 4. The van der Waals surface area contributed by atoms with Crippen molar-refractivity contribution >= 4 is 142 Å². The van der Waals surface area contributed by atoms with Gasteiger partial charge in [0.05, 0.1) is 38.6 Å². The fourth-order valence-electron chi connectivity index (χ4n) is 17.4. The molecule has 0 fully saturated rings. The Morgan fingerprint density at radius 3 is 0.915 bits per heavy atom. The topological polar surface area (TPSA) is 67.1 Å². The Bertz CT molecular complexity index is 7680. The van der Waals surface area contributed by atoms with Gasteiger partial charge in [0.15, 0.2) is 0 Å². The van der Waals surface area contributed by atoms with E-state index >= 15 is 0 Å². The summed E-state index contributed by atoms with van der Waals surface area (Å²) in [5, 5.41) is 14.9. The average molecular weight is 1350 g/mol. The molecular formula is C99H58N4O3. The maximum Gasteiger partial charge on any atom is 0.135 e. The zero-order valence-electron chi connectivity index (χ0n) is 57.0. The fraction of sp³-hybridized carbons (Fsp3) is 0. The van der Waals surface area contributed by atoms with Gasteiger partial charge in [-0.25, -0.2) is 0 Å². The summed E-state index contributed by atoms with van der Waals surface area (Å²) in [5.74, 6) is 0. The normalized spacial score (nSPS) is 12.2. The van der Waals surface area contributed by atoms with Crippen LogP contribution < -0.4 is 0 Å². The molecule has 0 saturated heterocycles. The molecule has 0 amide bonds. The molecule has 0 aliphatic heterocycles. The van der Waals surface area contributed by atoms with Crippen LogP contribution in [0.1, 0.15) is 0 Å². The van der Waals surface area contributed by atoms with Gasteiger partial charge in [0.2, 0.25) is 0 Å². The molecule has 492 valence electrons. The van der Waals surface area contributed by atoms with E-state index in [0.29, 0.717) is 0 Å². The Morgan fingerprint density at radius 1 is 0.189 bits per heavy atom. The summed E-state index contributed by atoms with van der Waals surface area (Å²) in [5.41, 5.74) is 29.6. The zero-order chi connectivity index (χ0) is 69.2. The Kier molecular flexibility index (Phi) is 12.5. The summed E-state index contributed by atoms with van der Waals surface area (Å²) in [6.45, 7) is 0. The predicted molar refractivity (Wildman–Crippen MR) is 439 cm³/mol.